The van der Waals surface area contributed by atoms with Gasteiger partial charge in [-0.25, -0.2) is 13.4 Å². The Kier molecular flexibility index (Phi) is 6.44. The van der Waals surface area contributed by atoms with Crippen LogP contribution in [-0.4, -0.2) is 30.2 Å². The van der Waals surface area contributed by atoms with Crippen molar-refractivity contribution in [1.29, 1.82) is 0 Å². The van der Waals surface area contributed by atoms with E-state index in [1.807, 2.05) is 60.7 Å². The SMILES string of the molecule is O=C(NCc1ccccc1)C1CCC(c2ccccc2)N(S(=O)(=O)c2ccccn2)C1. The first-order chi connectivity index (χ1) is 15.1. The molecule has 0 radical (unpaired) electrons. The van der Waals surface area contributed by atoms with Gasteiger partial charge < -0.3 is 5.32 Å². The third-order valence-corrected chi connectivity index (χ3v) is 7.40. The van der Waals surface area contributed by atoms with Gasteiger partial charge in [0.2, 0.25) is 5.91 Å². The molecule has 0 saturated carbocycles. The number of carbonyl (C=O) groups excluding carboxylic acids is 1. The third kappa shape index (κ3) is 4.84. The zero-order valence-corrected chi connectivity index (χ0v) is 17.9. The Morgan fingerprint density at radius 1 is 0.935 bits per heavy atom. The van der Waals surface area contributed by atoms with Crippen molar-refractivity contribution in [2.24, 2.45) is 5.92 Å². The highest BCUT2D eigenvalue weighted by molar-refractivity contribution is 7.89. The number of hydrogen-bond acceptors (Lipinski definition) is 4. The van der Waals surface area contributed by atoms with Crippen molar-refractivity contribution in [2.75, 3.05) is 6.54 Å². The summed E-state index contributed by atoms with van der Waals surface area (Å²) in [5.74, 6) is -0.543. The third-order valence-electron chi connectivity index (χ3n) is 5.61. The highest BCUT2D eigenvalue weighted by Gasteiger charge is 2.40. The van der Waals surface area contributed by atoms with Crippen molar-refractivity contribution in [1.82, 2.24) is 14.6 Å². The lowest BCUT2D eigenvalue weighted by atomic mass is 9.90. The maximum atomic E-state index is 13.5. The van der Waals surface area contributed by atoms with Crippen LogP contribution in [0.3, 0.4) is 0 Å². The van der Waals surface area contributed by atoms with E-state index >= 15 is 0 Å². The predicted molar refractivity (Wildman–Crippen MR) is 118 cm³/mol. The number of piperidine rings is 1. The van der Waals surface area contributed by atoms with Gasteiger partial charge in [-0.15, -0.1) is 0 Å². The Morgan fingerprint density at radius 3 is 2.29 bits per heavy atom. The fourth-order valence-electron chi connectivity index (χ4n) is 3.98. The number of sulfonamides is 1. The number of pyridine rings is 1. The molecular formula is C24H25N3O3S. The maximum Gasteiger partial charge on any atom is 0.261 e. The number of nitrogens with one attached hydrogen (secondary N) is 1. The Labute approximate surface area is 183 Å². The van der Waals surface area contributed by atoms with Gasteiger partial charge in [0.05, 0.1) is 12.0 Å². The number of aromatic nitrogens is 1. The molecule has 0 spiro atoms. The zero-order valence-electron chi connectivity index (χ0n) is 17.1. The van der Waals surface area contributed by atoms with Crippen LogP contribution in [0.5, 0.6) is 0 Å². The van der Waals surface area contributed by atoms with Gasteiger partial charge in [0.15, 0.2) is 5.03 Å². The van der Waals surface area contributed by atoms with E-state index in [1.54, 1.807) is 12.1 Å². The van der Waals surface area contributed by atoms with E-state index in [0.29, 0.717) is 19.4 Å². The van der Waals surface area contributed by atoms with Crippen LogP contribution in [-0.2, 0) is 21.4 Å². The van der Waals surface area contributed by atoms with Crippen LogP contribution in [0.4, 0.5) is 0 Å². The van der Waals surface area contributed by atoms with Crippen molar-refractivity contribution in [3.8, 4) is 0 Å². The van der Waals surface area contributed by atoms with E-state index in [0.717, 1.165) is 11.1 Å². The summed E-state index contributed by atoms with van der Waals surface area (Å²) < 4.78 is 28.3. The minimum Gasteiger partial charge on any atom is -0.352 e. The monoisotopic (exact) mass is 435 g/mol. The van der Waals surface area contributed by atoms with Gasteiger partial charge in [-0.3, -0.25) is 4.79 Å². The number of amides is 1. The second-order valence-corrected chi connectivity index (χ2v) is 9.48. The van der Waals surface area contributed by atoms with Gasteiger partial charge in [-0.1, -0.05) is 66.7 Å². The van der Waals surface area contributed by atoms with E-state index in [-0.39, 0.29) is 23.5 Å². The summed E-state index contributed by atoms with van der Waals surface area (Å²) in [6, 6.07) is 23.8. The molecule has 1 saturated heterocycles. The van der Waals surface area contributed by atoms with Crippen molar-refractivity contribution >= 4 is 15.9 Å². The molecular weight excluding hydrogens is 410 g/mol. The van der Waals surface area contributed by atoms with Crippen LogP contribution in [0.1, 0.15) is 30.0 Å². The minimum atomic E-state index is -3.85. The van der Waals surface area contributed by atoms with Crippen LogP contribution < -0.4 is 5.32 Å². The van der Waals surface area contributed by atoms with Crippen LogP contribution in [0, 0.1) is 5.92 Å². The molecule has 6 nitrogen and oxygen atoms in total. The molecule has 3 aromatic rings. The molecule has 1 aromatic heterocycles. The molecule has 0 bridgehead atoms. The number of rotatable bonds is 6. The molecule has 4 rings (SSSR count). The Morgan fingerprint density at radius 2 is 1.61 bits per heavy atom. The van der Waals surface area contributed by atoms with Crippen LogP contribution >= 0.6 is 0 Å². The molecule has 1 fully saturated rings. The summed E-state index contributed by atoms with van der Waals surface area (Å²) in [7, 11) is -3.85. The van der Waals surface area contributed by atoms with E-state index < -0.39 is 15.9 Å². The molecule has 2 heterocycles. The topological polar surface area (TPSA) is 79.4 Å². The van der Waals surface area contributed by atoms with E-state index in [2.05, 4.69) is 10.3 Å². The van der Waals surface area contributed by atoms with Gasteiger partial charge in [0, 0.05) is 19.3 Å². The van der Waals surface area contributed by atoms with Gasteiger partial charge in [0.1, 0.15) is 0 Å². The molecule has 2 atom stereocenters. The maximum absolute atomic E-state index is 13.5. The predicted octanol–water partition coefficient (Wildman–Crippen LogP) is 3.54. The minimum absolute atomic E-state index is 0.00118. The molecule has 1 aliphatic heterocycles. The average Bonchev–Trinajstić information content (AvgIpc) is 2.84. The molecule has 2 unspecified atom stereocenters. The number of carbonyl (C=O) groups is 1. The molecule has 2 aromatic carbocycles. The average molecular weight is 436 g/mol. The zero-order chi connectivity index (χ0) is 21.7. The summed E-state index contributed by atoms with van der Waals surface area (Å²) in [6.45, 7) is 0.546. The first-order valence-electron chi connectivity index (χ1n) is 10.3. The molecule has 31 heavy (non-hydrogen) atoms. The lowest BCUT2D eigenvalue weighted by Crippen LogP contribution is -2.46. The van der Waals surface area contributed by atoms with Crippen molar-refractivity contribution < 1.29 is 13.2 Å². The summed E-state index contributed by atoms with van der Waals surface area (Å²) in [5, 5.41) is 2.96. The van der Waals surface area contributed by atoms with E-state index in [4.69, 9.17) is 0 Å². The highest BCUT2D eigenvalue weighted by atomic mass is 32.2. The largest absolute Gasteiger partial charge is 0.352 e. The van der Waals surface area contributed by atoms with Crippen LogP contribution in [0.25, 0.3) is 0 Å². The van der Waals surface area contributed by atoms with E-state index in [1.165, 1.54) is 16.6 Å². The lowest BCUT2D eigenvalue weighted by Gasteiger charge is -2.38. The number of hydrogen-bond donors (Lipinski definition) is 1. The molecule has 7 heteroatoms. The molecule has 160 valence electrons. The lowest BCUT2D eigenvalue weighted by molar-refractivity contribution is -0.126. The van der Waals surface area contributed by atoms with Gasteiger partial charge in [-0.2, -0.15) is 4.31 Å². The molecule has 1 N–H and O–H groups in total. The van der Waals surface area contributed by atoms with Crippen molar-refractivity contribution in [2.45, 2.75) is 30.5 Å². The summed E-state index contributed by atoms with van der Waals surface area (Å²) in [6.07, 6.45) is 2.66. The number of nitrogens with zero attached hydrogens (tertiary/aromatic N) is 2. The van der Waals surface area contributed by atoms with Crippen molar-refractivity contribution in [3.05, 3.63) is 96.2 Å². The summed E-state index contributed by atoms with van der Waals surface area (Å²) in [5.41, 5.74) is 1.93. The number of benzene rings is 2. The standard InChI is InChI=1S/C24H25N3O3S/c28-24(26-17-19-9-3-1-4-10-19)21-14-15-22(20-11-5-2-6-12-20)27(18-21)31(29,30)23-13-7-8-16-25-23/h1-13,16,21-22H,14-15,17-18H2,(H,26,28). The first-order valence-corrected chi connectivity index (χ1v) is 11.8. The fraction of sp³-hybridized carbons (Fsp3) is 0.250. The van der Waals surface area contributed by atoms with Crippen molar-refractivity contribution in [3.63, 3.8) is 0 Å². The smallest absolute Gasteiger partial charge is 0.261 e. The quantitative estimate of drug-likeness (QED) is 0.642. The normalized spacial score (nSPS) is 19.6. The summed E-state index contributed by atoms with van der Waals surface area (Å²) >= 11 is 0. The molecule has 0 aliphatic carbocycles. The van der Waals surface area contributed by atoms with Gasteiger partial charge >= 0.3 is 0 Å². The van der Waals surface area contributed by atoms with E-state index in [9.17, 15) is 13.2 Å². The highest BCUT2D eigenvalue weighted by Crippen LogP contribution is 2.37. The second-order valence-electron chi connectivity index (χ2n) is 7.65. The molecule has 1 aliphatic rings. The Balaban J connectivity index is 1.57. The molecule has 1 amide bonds. The van der Waals surface area contributed by atoms with Crippen LogP contribution in [0.2, 0.25) is 0 Å². The van der Waals surface area contributed by atoms with Gasteiger partial charge in [-0.05, 0) is 36.1 Å². The second kappa shape index (κ2) is 9.41. The summed E-state index contributed by atoms with van der Waals surface area (Å²) in [4.78, 5) is 16.9. The fourth-order valence-corrected chi connectivity index (χ4v) is 5.60. The van der Waals surface area contributed by atoms with Gasteiger partial charge in [0.25, 0.3) is 10.0 Å². The Hall–Kier alpha value is -3.03. The Bertz CT molecular complexity index is 1110. The first kappa shape index (κ1) is 21.2. The van der Waals surface area contributed by atoms with Crippen LogP contribution in [0.15, 0.2) is 90.1 Å².